The standard InChI is InChI=1S/C11H16N4S/c1-3-11-14-9(8-16-11)6-12-7-10-4-5-13-15(10)2/h4-5,8,12H,3,6-7H2,1-2H3. The average Bonchev–Trinajstić information content (AvgIpc) is 2.89. The zero-order valence-electron chi connectivity index (χ0n) is 9.60. The Morgan fingerprint density at radius 1 is 1.44 bits per heavy atom. The van der Waals surface area contributed by atoms with E-state index in [-0.39, 0.29) is 0 Å². The maximum atomic E-state index is 4.50. The molecule has 0 saturated heterocycles. The number of aryl methyl sites for hydroxylation is 2. The fourth-order valence-electron chi connectivity index (χ4n) is 1.49. The van der Waals surface area contributed by atoms with Crippen LogP contribution in [0.3, 0.4) is 0 Å². The Bertz CT molecular complexity index is 446. The third kappa shape index (κ3) is 2.68. The van der Waals surface area contributed by atoms with Crippen LogP contribution in [0.15, 0.2) is 17.6 Å². The summed E-state index contributed by atoms with van der Waals surface area (Å²) in [6.45, 7) is 3.78. The lowest BCUT2D eigenvalue weighted by atomic mass is 10.4. The first-order valence-electron chi connectivity index (χ1n) is 5.40. The number of rotatable bonds is 5. The van der Waals surface area contributed by atoms with E-state index < -0.39 is 0 Å². The van der Waals surface area contributed by atoms with Gasteiger partial charge in [-0.1, -0.05) is 6.92 Å². The van der Waals surface area contributed by atoms with Crippen molar-refractivity contribution in [1.82, 2.24) is 20.1 Å². The molecule has 0 saturated carbocycles. The van der Waals surface area contributed by atoms with E-state index >= 15 is 0 Å². The van der Waals surface area contributed by atoms with E-state index in [0.717, 1.165) is 25.2 Å². The topological polar surface area (TPSA) is 42.7 Å². The van der Waals surface area contributed by atoms with Gasteiger partial charge in [0.15, 0.2) is 0 Å². The molecular weight excluding hydrogens is 220 g/mol. The summed E-state index contributed by atoms with van der Waals surface area (Å²) in [6.07, 6.45) is 2.83. The van der Waals surface area contributed by atoms with Crippen molar-refractivity contribution in [3.63, 3.8) is 0 Å². The molecule has 2 aromatic heterocycles. The molecule has 0 aromatic carbocycles. The summed E-state index contributed by atoms with van der Waals surface area (Å²) < 4.78 is 1.88. The van der Waals surface area contributed by atoms with Crippen molar-refractivity contribution in [1.29, 1.82) is 0 Å². The van der Waals surface area contributed by atoms with Gasteiger partial charge in [-0.15, -0.1) is 11.3 Å². The number of aromatic nitrogens is 3. The molecule has 0 spiro atoms. The highest BCUT2D eigenvalue weighted by atomic mass is 32.1. The van der Waals surface area contributed by atoms with Crippen LogP contribution in [-0.4, -0.2) is 14.8 Å². The molecule has 0 bridgehead atoms. The molecule has 0 unspecified atom stereocenters. The molecule has 2 rings (SSSR count). The van der Waals surface area contributed by atoms with Crippen LogP contribution in [0.5, 0.6) is 0 Å². The number of nitrogens with one attached hydrogen (secondary N) is 1. The van der Waals surface area contributed by atoms with Gasteiger partial charge in [-0.25, -0.2) is 4.98 Å². The molecule has 0 fully saturated rings. The molecular formula is C11H16N4S. The number of hydrogen-bond acceptors (Lipinski definition) is 4. The Kier molecular flexibility index (Phi) is 3.69. The first-order chi connectivity index (χ1) is 7.79. The lowest BCUT2D eigenvalue weighted by Gasteiger charge is -2.02. The van der Waals surface area contributed by atoms with Gasteiger partial charge >= 0.3 is 0 Å². The highest BCUT2D eigenvalue weighted by Crippen LogP contribution is 2.09. The molecule has 0 aliphatic heterocycles. The molecule has 0 atom stereocenters. The normalized spacial score (nSPS) is 10.9. The van der Waals surface area contributed by atoms with Crippen molar-refractivity contribution in [2.45, 2.75) is 26.4 Å². The van der Waals surface area contributed by atoms with Crippen LogP contribution in [0.2, 0.25) is 0 Å². The van der Waals surface area contributed by atoms with Crippen molar-refractivity contribution in [3.8, 4) is 0 Å². The van der Waals surface area contributed by atoms with Gasteiger partial charge in [-0.3, -0.25) is 4.68 Å². The fraction of sp³-hybridized carbons (Fsp3) is 0.455. The minimum atomic E-state index is 0.821. The van der Waals surface area contributed by atoms with Crippen molar-refractivity contribution in [2.75, 3.05) is 0 Å². The molecule has 0 aliphatic rings. The first kappa shape index (κ1) is 11.3. The van der Waals surface area contributed by atoms with E-state index in [9.17, 15) is 0 Å². The summed E-state index contributed by atoms with van der Waals surface area (Å²) >= 11 is 1.73. The molecule has 1 N–H and O–H groups in total. The van der Waals surface area contributed by atoms with E-state index in [1.165, 1.54) is 10.7 Å². The van der Waals surface area contributed by atoms with E-state index in [4.69, 9.17) is 0 Å². The Balaban J connectivity index is 1.82. The summed E-state index contributed by atoms with van der Waals surface area (Å²) in [4.78, 5) is 4.50. The van der Waals surface area contributed by atoms with Gasteiger partial charge in [-0.05, 0) is 12.5 Å². The van der Waals surface area contributed by atoms with Gasteiger partial charge in [0.05, 0.1) is 16.4 Å². The lowest BCUT2D eigenvalue weighted by Crippen LogP contribution is -2.15. The summed E-state index contributed by atoms with van der Waals surface area (Å²) in [5.41, 5.74) is 2.31. The summed E-state index contributed by atoms with van der Waals surface area (Å²) in [7, 11) is 1.95. The minimum absolute atomic E-state index is 0.821. The summed E-state index contributed by atoms with van der Waals surface area (Å²) in [5.74, 6) is 0. The van der Waals surface area contributed by atoms with Gasteiger partial charge in [0.1, 0.15) is 0 Å². The van der Waals surface area contributed by atoms with Gasteiger partial charge in [0, 0.05) is 31.7 Å². The molecule has 0 amide bonds. The van der Waals surface area contributed by atoms with Crippen LogP contribution in [-0.2, 0) is 26.6 Å². The van der Waals surface area contributed by atoms with E-state index in [1.807, 2.05) is 24.0 Å². The average molecular weight is 236 g/mol. The summed E-state index contributed by atoms with van der Waals surface area (Å²) in [5, 5.41) is 10.8. The van der Waals surface area contributed by atoms with Crippen molar-refractivity contribution in [2.24, 2.45) is 7.05 Å². The van der Waals surface area contributed by atoms with Crippen LogP contribution in [0, 0.1) is 0 Å². The Labute approximate surface area is 99.3 Å². The molecule has 2 aromatic rings. The Hall–Kier alpha value is -1.20. The zero-order valence-corrected chi connectivity index (χ0v) is 10.4. The molecule has 86 valence electrons. The highest BCUT2D eigenvalue weighted by molar-refractivity contribution is 7.09. The number of thiazole rings is 1. The first-order valence-corrected chi connectivity index (χ1v) is 6.28. The minimum Gasteiger partial charge on any atom is -0.305 e. The van der Waals surface area contributed by atoms with Crippen LogP contribution in [0.25, 0.3) is 0 Å². The predicted octanol–water partition coefficient (Wildman–Crippen LogP) is 1.73. The molecule has 4 nitrogen and oxygen atoms in total. The Morgan fingerprint density at radius 2 is 2.31 bits per heavy atom. The molecule has 2 heterocycles. The predicted molar refractivity (Wildman–Crippen MR) is 65.2 cm³/mol. The van der Waals surface area contributed by atoms with Crippen molar-refractivity contribution < 1.29 is 0 Å². The van der Waals surface area contributed by atoms with Crippen LogP contribution in [0.4, 0.5) is 0 Å². The highest BCUT2D eigenvalue weighted by Gasteiger charge is 2.01. The maximum absolute atomic E-state index is 4.50. The van der Waals surface area contributed by atoms with Crippen LogP contribution < -0.4 is 5.32 Å². The van der Waals surface area contributed by atoms with E-state index in [2.05, 4.69) is 27.7 Å². The van der Waals surface area contributed by atoms with Crippen molar-refractivity contribution >= 4 is 11.3 Å². The largest absolute Gasteiger partial charge is 0.305 e. The SMILES string of the molecule is CCc1nc(CNCc2ccnn2C)cs1. The lowest BCUT2D eigenvalue weighted by molar-refractivity contribution is 0.620. The van der Waals surface area contributed by atoms with Crippen molar-refractivity contribution in [3.05, 3.63) is 34.0 Å². The Morgan fingerprint density at radius 3 is 2.94 bits per heavy atom. The molecule has 0 aliphatic carbocycles. The fourth-order valence-corrected chi connectivity index (χ4v) is 2.23. The smallest absolute Gasteiger partial charge is 0.0926 e. The third-order valence-electron chi connectivity index (χ3n) is 2.44. The van der Waals surface area contributed by atoms with Crippen LogP contribution in [0.1, 0.15) is 23.3 Å². The van der Waals surface area contributed by atoms with Gasteiger partial charge in [-0.2, -0.15) is 5.10 Å². The molecule has 0 radical (unpaired) electrons. The molecule has 16 heavy (non-hydrogen) atoms. The third-order valence-corrected chi connectivity index (χ3v) is 3.48. The van der Waals surface area contributed by atoms with Gasteiger partial charge in [0.2, 0.25) is 0 Å². The van der Waals surface area contributed by atoms with Gasteiger partial charge in [0.25, 0.3) is 0 Å². The number of nitrogens with zero attached hydrogens (tertiary/aromatic N) is 3. The summed E-state index contributed by atoms with van der Waals surface area (Å²) in [6, 6.07) is 2.02. The van der Waals surface area contributed by atoms with E-state index in [0.29, 0.717) is 0 Å². The quantitative estimate of drug-likeness (QED) is 0.859. The monoisotopic (exact) mass is 236 g/mol. The van der Waals surface area contributed by atoms with E-state index in [1.54, 1.807) is 11.3 Å². The second-order valence-electron chi connectivity index (χ2n) is 3.64. The zero-order chi connectivity index (χ0) is 11.4. The number of hydrogen-bond donors (Lipinski definition) is 1. The van der Waals surface area contributed by atoms with Crippen LogP contribution >= 0.6 is 11.3 Å². The molecule has 5 heteroatoms. The van der Waals surface area contributed by atoms with Gasteiger partial charge < -0.3 is 5.32 Å². The second kappa shape index (κ2) is 5.23. The maximum Gasteiger partial charge on any atom is 0.0926 e. The second-order valence-corrected chi connectivity index (χ2v) is 4.58.